The van der Waals surface area contributed by atoms with Gasteiger partial charge in [0.05, 0.1) is 11.6 Å². The molecule has 3 atom stereocenters. The molecule has 2 heterocycles. The molecular weight excluding hydrogens is 296 g/mol. The van der Waals surface area contributed by atoms with Gasteiger partial charge in [0.15, 0.2) is 0 Å². The van der Waals surface area contributed by atoms with E-state index in [1.54, 1.807) is 0 Å². The molecule has 2 aliphatic heterocycles. The van der Waals surface area contributed by atoms with Crippen molar-refractivity contribution in [2.45, 2.75) is 37.6 Å². The van der Waals surface area contributed by atoms with Gasteiger partial charge >= 0.3 is 0 Å². The van der Waals surface area contributed by atoms with E-state index in [4.69, 9.17) is 0 Å². The fraction of sp³-hybridized carbons (Fsp3) is 0.381. The Morgan fingerprint density at radius 1 is 0.917 bits per heavy atom. The molecule has 1 N–H and O–H groups in total. The topological polar surface area (TPSA) is 26.7 Å². The van der Waals surface area contributed by atoms with Crippen molar-refractivity contribution in [3.63, 3.8) is 0 Å². The van der Waals surface area contributed by atoms with Crippen LogP contribution in [0.3, 0.4) is 0 Å². The van der Waals surface area contributed by atoms with Crippen molar-refractivity contribution in [2.75, 3.05) is 18.0 Å². The summed E-state index contributed by atoms with van der Waals surface area (Å²) in [6.45, 7) is 4.32. The number of aliphatic hydroxyl groups is 1. The predicted octanol–water partition coefficient (Wildman–Crippen LogP) is 3.41. The monoisotopic (exact) mass is 321 g/mol. The molecule has 2 aliphatic rings. The minimum atomic E-state index is -0.516. The molecule has 24 heavy (non-hydrogen) atoms. The minimum absolute atomic E-state index is 0.186. The summed E-state index contributed by atoms with van der Waals surface area (Å²) in [5.41, 5.74) is 2.02. The molecule has 0 saturated carbocycles. The number of likely N-dealkylation sites (tertiary alicyclic amines) is 1. The van der Waals surface area contributed by atoms with Gasteiger partial charge in [-0.2, -0.15) is 0 Å². The maximum atomic E-state index is 11.1. The van der Waals surface area contributed by atoms with Crippen molar-refractivity contribution in [3.8, 4) is 0 Å². The standard InChI is InChI=1S/C21H25N2O/c1-21(17-11-5-2-6-12-17)19(22-15-9-4-10-16-22)23(20(21)24)18-13-7-3-8-14-18/h2-8,11-14,19-20,24H,9-10,15-16H2,1H3. The van der Waals surface area contributed by atoms with Gasteiger partial charge in [-0.15, -0.1) is 0 Å². The van der Waals surface area contributed by atoms with Crippen molar-refractivity contribution in [1.82, 2.24) is 4.90 Å². The van der Waals surface area contributed by atoms with Crippen LogP contribution in [0.5, 0.6) is 0 Å². The molecule has 0 amide bonds. The van der Waals surface area contributed by atoms with Crippen molar-refractivity contribution in [3.05, 3.63) is 72.6 Å². The molecule has 125 valence electrons. The number of hydrogen-bond donors (Lipinski definition) is 1. The maximum Gasteiger partial charge on any atom is 0.141 e. The van der Waals surface area contributed by atoms with Gasteiger partial charge in [-0.1, -0.05) is 48.5 Å². The summed E-state index contributed by atoms with van der Waals surface area (Å²) in [5, 5.41) is 11.1. The summed E-state index contributed by atoms with van der Waals surface area (Å²) >= 11 is 0. The Kier molecular flexibility index (Phi) is 4.07. The lowest BCUT2D eigenvalue weighted by Crippen LogP contribution is -2.78. The van der Waals surface area contributed by atoms with Gasteiger partial charge in [0, 0.05) is 18.8 Å². The second kappa shape index (κ2) is 6.23. The quantitative estimate of drug-likeness (QED) is 0.938. The molecule has 0 aliphatic carbocycles. The zero-order valence-corrected chi connectivity index (χ0v) is 14.2. The molecule has 0 spiro atoms. The fourth-order valence-corrected chi connectivity index (χ4v) is 4.31. The van der Waals surface area contributed by atoms with Crippen molar-refractivity contribution in [1.29, 1.82) is 0 Å². The van der Waals surface area contributed by atoms with Crippen LogP contribution in [0.15, 0.2) is 60.7 Å². The van der Waals surface area contributed by atoms with E-state index in [0.29, 0.717) is 0 Å². The molecule has 2 saturated heterocycles. The van der Waals surface area contributed by atoms with Gasteiger partial charge in [-0.05, 0) is 43.9 Å². The SMILES string of the molecule is CC1(c2ccccc2)C(O)N(c2ccccc2)C1N1CC[CH]CC1. The molecule has 3 heteroatoms. The van der Waals surface area contributed by atoms with E-state index >= 15 is 0 Å². The maximum absolute atomic E-state index is 11.1. The Morgan fingerprint density at radius 2 is 1.50 bits per heavy atom. The third kappa shape index (κ3) is 2.35. The summed E-state index contributed by atoms with van der Waals surface area (Å²) in [7, 11) is 0. The van der Waals surface area contributed by atoms with E-state index in [-0.39, 0.29) is 11.6 Å². The first-order valence-corrected chi connectivity index (χ1v) is 8.85. The first-order chi connectivity index (χ1) is 11.7. The molecule has 3 unspecified atom stereocenters. The van der Waals surface area contributed by atoms with Gasteiger partial charge in [-0.3, -0.25) is 4.90 Å². The Labute approximate surface area is 144 Å². The zero-order valence-electron chi connectivity index (χ0n) is 14.2. The molecule has 3 nitrogen and oxygen atoms in total. The molecule has 0 aromatic heterocycles. The third-order valence-corrected chi connectivity index (χ3v) is 5.64. The molecular formula is C21H25N2O. The van der Waals surface area contributed by atoms with Crippen molar-refractivity contribution >= 4 is 5.69 Å². The lowest BCUT2D eigenvalue weighted by atomic mass is 9.68. The molecule has 2 aromatic carbocycles. The second-order valence-electron chi connectivity index (χ2n) is 7.04. The van der Waals surface area contributed by atoms with Crippen LogP contribution in [-0.4, -0.2) is 35.5 Å². The number of anilines is 1. The summed E-state index contributed by atoms with van der Waals surface area (Å²) < 4.78 is 0. The highest BCUT2D eigenvalue weighted by atomic mass is 16.3. The van der Waals surface area contributed by atoms with Crippen LogP contribution in [0.1, 0.15) is 25.3 Å². The van der Waals surface area contributed by atoms with Crippen LogP contribution in [0.2, 0.25) is 0 Å². The summed E-state index contributed by atoms with van der Waals surface area (Å²) in [5.74, 6) is 0. The largest absolute Gasteiger partial charge is 0.372 e. The van der Waals surface area contributed by atoms with Crippen LogP contribution in [-0.2, 0) is 5.41 Å². The number of hydrogen-bond acceptors (Lipinski definition) is 3. The van der Waals surface area contributed by atoms with Gasteiger partial charge < -0.3 is 10.0 Å². The Hall–Kier alpha value is -1.84. The number of nitrogens with zero attached hydrogens (tertiary/aromatic N) is 2. The predicted molar refractivity (Wildman–Crippen MR) is 97.6 cm³/mol. The van der Waals surface area contributed by atoms with Crippen LogP contribution in [0, 0.1) is 6.42 Å². The average molecular weight is 321 g/mol. The number of benzene rings is 2. The molecule has 2 fully saturated rings. The smallest absolute Gasteiger partial charge is 0.141 e. The van der Waals surface area contributed by atoms with Gasteiger partial charge in [0.25, 0.3) is 0 Å². The van der Waals surface area contributed by atoms with E-state index in [1.807, 2.05) is 24.3 Å². The Balaban J connectivity index is 1.74. The van der Waals surface area contributed by atoms with Gasteiger partial charge in [0.1, 0.15) is 6.23 Å². The van der Waals surface area contributed by atoms with Gasteiger partial charge in [-0.25, -0.2) is 0 Å². The molecule has 1 radical (unpaired) electrons. The van der Waals surface area contributed by atoms with Crippen LogP contribution in [0.4, 0.5) is 5.69 Å². The highest BCUT2D eigenvalue weighted by Crippen LogP contribution is 2.49. The normalized spacial score (nSPS) is 30.8. The number of aliphatic hydroxyl groups excluding tert-OH is 1. The molecule has 0 bridgehead atoms. The number of piperidine rings is 1. The van der Waals surface area contributed by atoms with Gasteiger partial charge in [0.2, 0.25) is 0 Å². The lowest BCUT2D eigenvalue weighted by Gasteiger charge is -2.64. The summed E-state index contributed by atoms with van der Waals surface area (Å²) in [4.78, 5) is 4.71. The Bertz CT molecular complexity index is 669. The highest BCUT2D eigenvalue weighted by molar-refractivity contribution is 5.56. The third-order valence-electron chi connectivity index (χ3n) is 5.64. The first-order valence-electron chi connectivity index (χ1n) is 8.85. The van der Waals surface area contributed by atoms with Crippen LogP contribution < -0.4 is 4.90 Å². The number of para-hydroxylation sites is 1. The number of rotatable bonds is 3. The summed E-state index contributed by atoms with van der Waals surface area (Å²) in [6.07, 6.45) is 4.29. The van der Waals surface area contributed by atoms with E-state index in [0.717, 1.165) is 31.6 Å². The first kappa shape index (κ1) is 15.7. The Morgan fingerprint density at radius 3 is 2.12 bits per heavy atom. The fourth-order valence-electron chi connectivity index (χ4n) is 4.31. The van der Waals surface area contributed by atoms with Crippen molar-refractivity contribution < 1.29 is 5.11 Å². The van der Waals surface area contributed by atoms with E-state index in [1.165, 1.54) is 5.56 Å². The van der Waals surface area contributed by atoms with E-state index in [9.17, 15) is 5.11 Å². The molecule has 2 aromatic rings. The zero-order chi connectivity index (χ0) is 16.6. The minimum Gasteiger partial charge on any atom is -0.372 e. The van der Waals surface area contributed by atoms with E-state index in [2.05, 4.69) is 59.5 Å². The lowest BCUT2D eigenvalue weighted by molar-refractivity contribution is -0.0791. The second-order valence-corrected chi connectivity index (χ2v) is 7.04. The van der Waals surface area contributed by atoms with Crippen molar-refractivity contribution in [2.24, 2.45) is 0 Å². The van der Waals surface area contributed by atoms with E-state index < -0.39 is 6.23 Å². The molecule has 4 rings (SSSR count). The van der Waals surface area contributed by atoms with Crippen LogP contribution >= 0.6 is 0 Å². The average Bonchev–Trinajstić information content (AvgIpc) is 2.67. The summed E-state index contributed by atoms with van der Waals surface area (Å²) in [6, 6.07) is 20.8. The highest BCUT2D eigenvalue weighted by Gasteiger charge is 2.60. The van der Waals surface area contributed by atoms with Crippen LogP contribution in [0.25, 0.3) is 0 Å².